The molecule has 2 rings (SSSR count). The van der Waals surface area contributed by atoms with Crippen molar-refractivity contribution in [3.63, 3.8) is 0 Å². The molecule has 0 saturated carbocycles. The predicted molar refractivity (Wildman–Crippen MR) is 88.8 cm³/mol. The molecule has 0 amide bonds. The second-order valence-electron chi connectivity index (χ2n) is 6.45. The van der Waals surface area contributed by atoms with Crippen molar-refractivity contribution in [1.29, 1.82) is 21.0 Å². The summed E-state index contributed by atoms with van der Waals surface area (Å²) in [5.74, 6) is -2.06. The van der Waals surface area contributed by atoms with E-state index in [2.05, 4.69) is 0 Å². The van der Waals surface area contributed by atoms with Gasteiger partial charge in [-0.3, -0.25) is 4.79 Å². The lowest BCUT2D eigenvalue weighted by Gasteiger charge is -2.37. The van der Waals surface area contributed by atoms with Crippen LogP contribution < -0.4 is 0 Å². The van der Waals surface area contributed by atoms with Crippen molar-refractivity contribution in [3.8, 4) is 24.3 Å². The van der Waals surface area contributed by atoms with Gasteiger partial charge in [0.15, 0.2) is 5.78 Å². The lowest BCUT2D eigenvalue weighted by atomic mass is 9.55. The first-order valence-electron chi connectivity index (χ1n) is 8.61. The van der Waals surface area contributed by atoms with Crippen LogP contribution in [0.25, 0.3) is 0 Å². The minimum absolute atomic E-state index is 0.0978. The molecular formula is C19H18N4O4. The van der Waals surface area contributed by atoms with Gasteiger partial charge in [-0.15, -0.1) is 0 Å². The Kier molecular flexibility index (Phi) is 5.10. The Morgan fingerprint density at radius 3 is 2.22 bits per heavy atom. The number of esters is 1. The minimum Gasteiger partial charge on any atom is -0.463 e. The molecule has 0 spiro atoms. The standard InChI is InChI=1S/C19H18N4O4/c1-3-5-6-8-18-9-7-14(24)19(27-18,15(25)26-4-2)17(12-22,13-23)16(18,10-20)11-21/h6,8H,3-5,7,9H2,1-2H3/b8-6+/t18-,19-/m1/s1. The van der Waals surface area contributed by atoms with E-state index in [4.69, 9.17) is 9.47 Å². The van der Waals surface area contributed by atoms with Crippen LogP contribution in [0.15, 0.2) is 12.2 Å². The van der Waals surface area contributed by atoms with Crippen molar-refractivity contribution in [2.45, 2.75) is 50.7 Å². The second kappa shape index (κ2) is 6.84. The molecule has 8 nitrogen and oxygen atoms in total. The van der Waals surface area contributed by atoms with Crippen LogP contribution in [0.5, 0.6) is 0 Å². The van der Waals surface area contributed by atoms with Crippen molar-refractivity contribution in [2.75, 3.05) is 6.61 Å². The molecule has 2 fully saturated rings. The zero-order valence-electron chi connectivity index (χ0n) is 15.1. The normalized spacial score (nSPS) is 29.9. The molecule has 0 radical (unpaired) electrons. The number of rotatable bonds is 5. The van der Waals surface area contributed by atoms with Crippen molar-refractivity contribution < 1.29 is 19.1 Å². The smallest absolute Gasteiger partial charge is 0.349 e. The van der Waals surface area contributed by atoms with E-state index in [9.17, 15) is 30.6 Å². The molecule has 2 aliphatic heterocycles. The van der Waals surface area contributed by atoms with E-state index < -0.39 is 33.8 Å². The highest BCUT2D eigenvalue weighted by atomic mass is 16.6. The predicted octanol–water partition coefficient (Wildman–Crippen LogP) is 1.84. The topological polar surface area (TPSA) is 148 Å². The number of nitrogens with zero attached hydrogens (tertiary/aromatic N) is 4. The molecule has 2 aliphatic rings. The molecule has 2 atom stereocenters. The van der Waals surface area contributed by atoms with Gasteiger partial charge in [-0.1, -0.05) is 25.5 Å². The van der Waals surface area contributed by atoms with Crippen LogP contribution in [0.2, 0.25) is 0 Å². The van der Waals surface area contributed by atoms with Gasteiger partial charge in [0.1, 0.15) is 5.60 Å². The zero-order chi connectivity index (χ0) is 20.3. The van der Waals surface area contributed by atoms with E-state index >= 15 is 0 Å². The van der Waals surface area contributed by atoms with E-state index in [1.807, 2.05) is 6.92 Å². The maximum Gasteiger partial charge on any atom is 0.349 e. The largest absolute Gasteiger partial charge is 0.463 e. The Hall–Kier alpha value is -3.20. The molecule has 138 valence electrons. The van der Waals surface area contributed by atoms with Gasteiger partial charge in [-0.25, -0.2) is 4.79 Å². The number of hydrogen-bond acceptors (Lipinski definition) is 8. The quantitative estimate of drug-likeness (QED) is 0.406. The summed E-state index contributed by atoms with van der Waals surface area (Å²) < 4.78 is 10.8. The average Bonchev–Trinajstić information content (AvgIpc) is 2.86. The number of fused-ring (bicyclic) bond motifs is 2. The number of Topliss-reactive ketones (excluding diaryl/α,β-unsaturated/α-hetero) is 1. The lowest BCUT2D eigenvalue weighted by Crippen LogP contribution is -2.60. The zero-order valence-corrected chi connectivity index (χ0v) is 15.1. The first-order chi connectivity index (χ1) is 12.9. The first-order valence-corrected chi connectivity index (χ1v) is 8.61. The number of unbranched alkanes of at least 4 members (excludes halogenated alkanes) is 1. The van der Waals surface area contributed by atoms with Gasteiger partial charge >= 0.3 is 5.97 Å². The van der Waals surface area contributed by atoms with Gasteiger partial charge in [-0.2, -0.15) is 21.0 Å². The number of ether oxygens (including phenoxy) is 2. The third-order valence-corrected chi connectivity index (χ3v) is 5.25. The fraction of sp³-hybridized carbons (Fsp3) is 0.579. The number of hydrogen-bond donors (Lipinski definition) is 0. The highest BCUT2D eigenvalue weighted by Crippen LogP contribution is 2.67. The summed E-state index contributed by atoms with van der Waals surface area (Å²) in [5.41, 5.74) is -9.45. The molecule has 0 N–H and O–H groups in total. The van der Waals surface area contributed by atoms with E-state index in [1.54, 1.807) is 30.4 Å². The van der Waals surface area contributed by atoms with Gasteiger partial charge in [-0.05, 0) is 19.8 Å². The molecule has 0 aromatic rings. The van der Waals surface area contributed by atoms with Gasteiger partial charge in [0.2, 0.25) is 10.8 Å². The molecule has 27 heavy (non-hydrogen) atoms. The van der Waals surface area contributed by atoms with Crippen LogP contribution in [-0.4, -0.2) is 29.6 Å². The van der Waals surface area contributed by atoms with Crippen LogP contribution in [0, 0.1) is 56.2 Å². The molecule has 0 aliphatic carbocycles. The molecular weight excluding hydrogens is 348 g/mol. The first kappa shape index (κ1) is 20.1. The Labute approximate surface area is 157 Å². The van der Waals surface area contributed by atoms with Crippen LogP contribution in [0.1, 0.15) is 39.5 Å². The Morgan fingerprint density at radius 2 is 1.74 bits per heavy atom. The molecule has 0 unspecified atom stereocenters. The van der Waals surface area contributed by atoms with Gasteiger partial charge < -0.3 is 9.47 Å². The summed E-state index contributed by atoms with van der Waals surface area (Å²) >= 11 is 0. The Bertz CT molecular complexity index is 838. The van der Waals surface area contributed by atoms with Crippen LogP contribution in [0.4, 0.5) is 0 Å². The fourth-order valence-corrected chi connectivity index (χ4v) is 3.94. The number of allylic oxidation sites excluding steroid dienone is 1. The van der Waals surface area contributed by atoms with Crippen LogP contribution in [0.3, 0.4) is 0 Å². The second-order valence-corrected chi connectivity index (χ2v) is 6.45. The van der Waals surface area contributed by atoms with Gasteiger partial charge in [0.25, 0.3) is 5.60 Å². The summed E-state index contributed by atoms with van der Waals surface area (Å²) in [6.07, 6.45) is 4.14. The molecule has 0 aromatic carbocycles. The van der Waals surface area contributed by atoms with Crippen LogP contribution in [-0.2, 0) is 19.1 Å². The van der Waals surface area contributed by atoms with E-state index in [1.165, 1.54) is 13.0 Å². The number of carbonyl (C=O) groups is 2. The Morgan fingerprint density at radius 1 is 1.15 bits per heavy atom. The third-order valence-electron chi connectivity index (χ3n) is 5.25. The van der Waals surface area contributed by atoms with Crippen LogP contribution >= 0.6 is 0 Å². The maximum absolute atomic E-state index is 12.8. The summed E-state index contributed by atoms with van der Waals surface area (Å²) in [7, 11) is 0. The van der Waals surface area contributed by atoms with E-state index in [0.717, 1.165) is 6.42 Å². The highest BCUT2D eigenvalue weighted by Gasteiger charge is 2.88. The Balaban J connectivity index is 2.94. The molecule has 0 aromatic heterocycles. The number of carbonyl (C=O) groups excluding carboxylic acids is 2. The fourth-order valence-electron chi connectivity index (χ4n) is 3.94. The van der Waals surface area contributed by atoms with E-state index in [0.29, 0.717) is 6.42 Å². The van der Waals surface area contributed by atoms with Crippen molar-refractivity contribution in [1.82, 2.24) is 0 Å². The maximum atomic E-state index is 12.8. The van der Waals surface area contributed by atoms with Crippen molar-refractivity contribution >= 4 is 11.8 Å². The van der Waals surface area contributed by atoms with Gasteiger partial charge in [0, 0.05) is 6.42 Å². The van der Waals surface area contributed by atoms with Crippen molar-refractivity contribution in [2.24, 2.45) is 10.8 Å². The van der Waals surface area contributed by atoms with Crippen molar-refractivity contribution in [3.05, 3.63) is 12.2 Å². The SMILES string of the molecule is CCC/C=C/[C@]12CCC(=O)[C@](C(=O)OCC)(O1)C(C#N)(C#N)C2(C#N)C#N. The highest BCUT2D eigenvalue weighted by molar-refractivity contribution is 6.11. The molecule has 8 heteroatoms. The summed E-state index contributed by atoms with van der Waals surface area (Å²) in [4.78, 5) is 25.6. The minimum atomic E-state index is -2.67. The summed E-state index contributed by atoms with van der Waals surface area (Å²) in [6.45, 7) is 3.28. The molecule has 2 bridgehead atoms. The monoisotopic (exact) mass is 366 g/mol. The molecule has 2 heterocycles. The van der Waals surface area contributed by atoms with Gasteiger partial charge in [0.05, 0.1) is 30.9 Å². The average molecular weight is 366 g/mol. The third kappa shape index (κ3) is 2.08. The number of nitriles is 4. The molecule has 2 saturated heterocycles. The van der Waals surface area contributed by atoms with E-state index in [-0.39, 0.29) is 19.4 Å². The lowest BCUT2D eigenvalue weighted by molar-refractivity contribution is -0.192. The number of ketones is 1. The summed E-state index contributed by atoms with van der Waals surface area (Å²) in [6, 6.07) is 6.78. The summed E-state index contributed by atoms with van der Waals surface area (Å²) in [5, 5.41) is 39.7.